The van der Waals surface area contributed by atoms with E-state index in [-0.39, 0.29) is 5.91 Å². The van der Waals surface area contributed by atoms with E-state index in [9.17, 15) is 4.79 Å². The quantitative estimate of drug-likeness (QED) is 0.869. The van der Waals surface area contributed by atoms with Crippen molar-refractivity contribution in [2.24, 2.45) is 5.73 Å². The number of nitrogens with zero attached hydrogens (tertiary/aromatic N) is 1. The second-order valence-corrected chi connectivity index (χ2v) is 5.75. The van der Waals surface area contributed by atoms with Crippen molar-refractivity contribution in [1.29, 1.82) is 0 Å². The number of rotatable bonds is 2. The molecule has 0 bridgehead atoms. The molecule has 1 aromatic rings. The minimum Gasteiger partial charge on any atom is -0.329 e. The van der Waals surface area contributed by atoms with E-state index in [1.165, 1.54) is 5.56 Å². The van der Waals surface area contributed by atoms with Crippen LogP contribution < -0.4 is 10.6 Å². The first kappa shape index (κ1) is 12.5. The zero-order chi connectivity index (χ0) is 12.4. The van der Waals surface area contributed by atoms with E-state index in [0.29, 0.717) is 17.5 Å². The summed E-state index contributed by atoms with van der Waals surface area (Å²) in [6.45, 7) is 5.44. The Kier molecular flexibility index (Phi) is 3.74. The van der Waals surface area contributed by atoms with Crippen LogP contribution in [-0.4, -0.2) is 30.0 Å². The summed E-state index contributed by atoms with van der Waals surface area (Å²) >= 11 is 1.66. The van der Waals surface area contributed by atoms with E-state index in [0.717, 1.165) is 17.8 Å². The van der Waals surface area contributed by atoms with Gasteiger partial charge in [-0.05, 0) is 31.0 Å². The highest BCUT2D eigenvalue weighted by atomic mass is 32.2. The molecule has 1 aromatic carbocycles. The fourth-order valence-corrected chi connectivity index (χ4v) is 2.94. The Bertz CT molecular complexity index is 433. The SMILES string of the molecule is Cc1ccc(C)c(N2CC(CN)SCC2=O)c1. The second kappa shape index (κ2) is 5.10. The molecule has 17 heavy (non-hydrogen) atoms. The summed E-state index contributed by atoms with van der Waals surface area (Å²) in [5, 5.41) is 0.354. The lowest BCUT2D eigenvalue weighted by Gasteiger charge is -2.32. The van der Waals surface area contributed by atoms with Crippen molar-refractivity contribution in [3.8, 4) is 0 Å². The Morgan fingerprint density at radius 3 is 2.94 bits per heavy atom. The Balaban J connectivity index is 2.30. The fourth-order valence-electron chi connectivity index (χ4n) is 2.01. The third kappa shape index (κ3) is 2.64. The van der Waals surface area contributed by atoms with Crippen molar-refractivity contribution in [3.63, 3.8) is 0 Å². The maximum absolute atomic E-state index is 12.0. The molecule has 1 fully saturated rings. The summed E-state index contributed by atoms with van der Waals surface area (Å²) in [5.41, 5.74) is 9.06. The molecule has 1 aliphatic rings. The van der Waals surface area contributed by atoms with Gasteiger partial charge in [0.25, 0.3) is 0 Å². The molecule has 1 aliphatic heterocycles. The van der Waals surface area contributed by atoms with Gasteiger partial charge in [0.05, 0.1) is 5.75 Å². The molecule has 1 amide bonds. The van der Waals surface area contributed by atoms with Crippen molar-refractivity contribution < 1.29 is 4.79 Å². The molecule has 2 N–H and O–H groups in total. The number of aryl methyl sites for hydroxylation is 2. The highest BCUT2D eigenvalue weighted by molar-refractivity contribution is 8.00. The summed E-state index contributed by atoms with van der Waals surface area (Å²) in [6, 6.07) is 6.22. The van der Waals surface area contributed by atoms with Crippen LogP contribution in [0.15, 0.2) is 18.2 Å². The van der Waals surface area contributed by atoms with Gasteiger partial charge in [-0.2, -0.15) is 0 Å². The molecular weight excluding hydrogens is 232 g/mol. The first-order chi connectivity index (χ1) is 8.11. The number of carbonyl (C=O) groups excluding carboxylic acids is 1. The maximum atomic E-state index is 12.0. The lowest BCUT2D eigenvalue weighted by molar-refractivity contribution is -0.116. The van der Waals surface area contributed by atoms with Crippen LogP contribution in [0.3, 0.4) is 0 Å². The van der Waals surface area contributed by atoms with Gasteiger partial charge in [-0.25, -0.2) is 0 Å². The van der Waals surface area contributed by atoms with Gasteiger partial charge < -0.3 is 10.6 Å². The lowest BCUT2D eigenvalue weighted by Crippen LogP contribution is -2.45. The van der Waals surface area contributed by atoms with E-state index >= 15 is 0 Å². The van der Waals surface area contributed by atoms with E-state index in [4.69, 9.17) is 5.73 Å². The van der Waals surface area contributed by atoms with Crippen LogP contribution in [0.2, 0.25) is 0 Å². The number of anilines is 1. The van der Waals surface area contributed by atoms with Crippen LogP contribution in [-0.2, 0) is 4.79 Å². The Morgan fingerprint density at radius 1 is 1.47 bits per heavy atom. The Morgan fingerprint density at radius 2 is 2.24 bits per heavy atom. The van der Waals surface area contributed by atoms with Crippen molar-refractivity contribution in [1.82, 2.24) is 0 Å². The average molecular weight is 250 g/mol. The van der Waals surface area contributed by atoms with E-state index < -0.39 is 0 Å². The van der Waals surface area contributed by atoms with Crippen LogP contribution >= 0.6 is 11.8 Å². The van der Waals surface area contributed by atoms with Crippen LogP contribution in [0.25, 0.3) is 0 Å². The summed E-state index contributed by atoms with van der Waals surface area (Å²) in [5.74, 6) is 0.725. The normalized spacial score (nSPS) is 20.8. The number of amides is 1. The van der Waals surface area contributed by atoms with Gasteiger partial charge in [0.1, 0.15) is 0 Å². The topological polar surface area (TPSA) is 46.3 Å². The molecule has 0 aromatic heterocycles. The largest absolute Gasteiger partial charge is 0.329 e. The van der Waals surface area contributed by atoms with Crippen molar-refractivity contribution in [3.05, 3.63) is 29.3 Å². The zero-order valence-electron chi connectivity index (χ0n) is 10.3. The molecule has 1 atom stereocenters. The second-order valence-electron chi connectivity index (χ2n) is 4.46. The molecule has 0 spiro atoms. The highest BCUT2D eigenvalue weighted by Crippen LogP contribution is 2.27. The first-order valence-corrected chi connectivity index (χ1v) is 6.86. The molecule has 0 saturated carbocycles. The maximum Gasteiger partial charge on any atom is 0.237 e. The molecular formula is C13H18N2OS. The van der Waals surface area contributed by atoms with E-state index in [1.54, 1.807) is 11.8 Å². The number of hydrogen-bond acceptors (Lipinski definition) is 3. The number of thioether (sulfide) groups is 1. The van der Waals surface area contributed by atoms with Crippen LogP contribution in [0.5, 0.6) is 0 Å². The minimum atomic E-state index is 0.188. The zero-order valence-corrected chi connectivity index (χ0v) is 11.1. The van der Waals surface area contributed by atoms with Crippen molar-refractivity contribution in [2.75, 3.05) is 23.7 Å². The third-order valence-electron chi connectivity index (χ3n) is 3.05. The van der Waals surface area contributed by atoms with Crippen LogP contribution in [0.4, 0.5) is 5.69 Å². The fraction of sp³-hybridized carbons (Fsp3) is 0.462. The molecule has 2 rings (SSSR count). The third-order valence-corrected chi connectivity index (χ3v) is 4.27. The number of hydrogen-bond donors (Lipinski definition) is 1. The minimum absolute atomic E-state index is 0.188. The molecule has 3 nitrogen and oxygen atoms in total. The van der Waals surface area contributed by atoms with Gasteiger partial charge >= 0.3 is 0 Å². The summed E-state index contributed by atoms with van der Waals surface area (Å²) in [7, 11) is 0. The average Bonchev–Trinajstić information content (AvgIpc) is 2.33. The number of benzene rings is 1. The van der Waals surface area contributed by atoms with Gasteiger partial charge in [-0.1, -0.05) is 12.1 Å². The van der Waals surface area contributed by atoms with Crippen molar-refractivity contribution >= 4 is 23.4 Å². The highest BCUT2D eigenvalue weighted by Gasteiger charge is 2.27. The standard InChI is InChI=1S/C13H18N2OS/c1-9-3-4-10(2)12(5-9)15-7-11(6-14)17-8-13(15)16/h3-5,11H,6-8,14H2,1-2H3. The monoisotopic (exact) mass is 250 g/mol. The van der Waals surface area contributed by atoms with Gasteiger partial charge in [0.2, 0.25) is 5.91 Å². The first-order valence-electron chi connectivity index (χ1n) is 5.81. The molecule has 1 unspecified atom stereocenters. The van der Waals surface area contributed by atoms with Crippen LogP contribution in [0, 0.1) is 13.8 Å². The van der Waals surface area contributed by atoms with Gasteiger partial charge in [0.15, 0.2) is 0 Å². The molecule has 1 saturated heterocycles. The molecule has 92 valence electrons. The summed E-state index contributed by atoms with van der Waals surface area (Å²) in [6.07, 6.45) is 0. The van der Waals surface area contributed by atoms with Gasteiger partial charge in [-0.3, -0.25) is 4.79 Å². The molecule has 4 heteroatoms. The van der Waals surface area contributed by atoms with E-state index in [1.807, 2.05) is 18.7 Å². The molecule has 0 aliphatic carbocycles. The molecule has 0 radical (unpaired) electrons. The smallest absolute Gasteiger partial charge is 0.237 e. The number of carbonyl (C=O) groups is 1. The predicted octanol–water partition coefficient (Wildman–Crippen LogP) is 1.71. The Labute approximate surface area is 106 Å². The predicted molar refractivity (Wildman–Crippen MR) is 73.6 cm³/mol. The van der Waals surface area contributed by atoms with Crippen LogP contribution in [0.1, 0.15) is 11.1 Å². The van der Waals surface area contributed by atoms with E-state index in [2.05, 4.69) is 18.2 Å². The van der Waals surface area contributed by atoms with Crippen molar-refractivity contribution in [2.45, 2.75) is 19.1 Å². The summed E-state index contributed by atoms with van der Waals surface area (Å²) < 4.78 is 0. The number of nitrogens with two attached hydrogens (primary N) is 1. The summed E-state index contributed by atoms with van der Waals surface area (Å²) in [4.78, 5) is 13.9. The van der Waals surface area contributed by atoms with Gasteiger partial charge in [-0.15, -0.1) is 11.8 Å². The van der Waals surface area contributed by atoms with Gasteiger partial charge in [0, 0.05) is 24.0 Å². The Hall–Kier alpha value is -1.00. The molecule has 1 heterocycles. The lowest BCUT2D eigenvalue weighted by atomic mass is 10.1.